The molecule has 0 spiro atoms. The number of fused-ring (bicyclic) bond motifs is 1. The normalized spacial score (nSPS) is 15.9. The van der Waals surface area contributed by atoms with Crippen molar-refractivity contribution < 1.29 is 9.53 Å². The maximum Gasteiger partial charge on any atom is 0.224 e. The van der Waals surface area contributed by atoms with Crippen LogP contribution >= 0.6 is 11.6 Å². The Morgan fingerprint density at radius 3 is 3.14 bits per heavy atom. The molecule has 1 aromatic rings. The van der Waals surface area contributed by atoms with Crippen molar-refractivity contribution in [3.63, 3.8) is 0 Å². The fourth-order valence-corrected chi connectivity index (χ4v) is 1.53. The highest BCUT2D eigenvalue weighted by atomic mass is 35.5. The molecule has 3 nitrogen and oxygen atoms in total. The van der Waals surface area contributed by atoms with Crippen LogP contribution in [0, 0.1) is 0 Å². The number of carbonyl (C=O) groups is 1. The smallest absolute Gasteiger partial charge is 0.224 e. The Labute approximate surface area is 87.0 Å². The van der Waals surface area contributed by atoms with Crippen LogP contribution in [0.15, 0.2) is 18.2 Å². The van der Waals surface area contributed by atoms with Gasteiger partial charge in [0, 0.05) is 11.4 Å². The second-order valence-electron chi connectivity index (χ2n) is 3.14. The lowest BCUT2D eigenvalue weighted by Gasteiger charge is -2.15. The molecular formula is C10H10ClNO2. The van der Waals surface area contributed by atoms with Crippen molar-refractivity contribution in [2.24, 2.45) is 0 Å². The molecule has 0 saturated heterocycles. The Hall–Kier alpha value is -1.22. The zero-order valence-corrected chi connectivity index (χ0v) is 8.30. The Kier molecular flexibility index (Phi) is 2.59. The molecule has 0 saturated carbocycles. The number of anilines is 1. The average Bonchev–Trinajstić information content (AvgIpc) is 2.12. The molecule has 14 heavy (non-hydrogen) atoms. The first-order valence-corrected chi connectivity index (χ1v) is 4.86. The summed E-state index contributed by atoms with van der Waals surface area (Å²) >= 11 is 5.81. The lowest BCUT2D eigenvalue weighted by Crippen LogP contribution is -2.16. The topological polar surface area (TPSA) is 38.3 Å². The van der Waals surface area contributed by atoms with Crippen LogP contribution in [0.2, 0.25) is 5.02 Å². The van der Waals surface area contributed by atoms with Gasteiger partial charge in [0.15, 0.2) is 0 Å². The molecule has 1 aromatic carbocycles. The minimum absolute atomic E-state index is 0.0109. The summed E-state index contributed by atoms with van der Waals surface area (Å²) in [7, 11) is 0. The summed E-state index contributed by atoms with van der Waals surface area (Å²) in [4.78, 5) is 11.3. The minimum Gasteiger partial charge on any atom is -0.491 e. The second-order valence-corrected chi connectivity index (χ2v) is 3.58. The molecule has 0 fully saturated rings. The molecule has 0 atom stereocenters. The van der Waals surface area contributed by atoms with Crippen molar-refractivity contribution in [3.8, 4) is 5.75 Å². The predicted molar refractivity (Wildman–Crippen MR) is 54.8 cm³/mol. The highest BCUT2D eigenvalue weighted by Crippen LogP contribution is 2.29. The fraction of sp³-hybridized carbons (Fsp3) is 0.300. The van der Waals surface area contributed by atoms with Crippen molar-refractivity contribution in [2.75, 3.05) is 11.9 Å². The van der Waals surface area contributed by atoms with Gasteiger partial charge in [-0.15, -0.1) is 0 Å². The van der Waals surface area contributed by atoms with E-state index in [1.807, 2.05) is 0 Å². The molecule has 1 aliphatic heterocycles. The minimum atomic E-state index is 0.0109. The van der Waals surface area contributed by atoms with E-state index >= 15 is 0 Å². The van der Waals surface area contributed by atoms with Gasteiger partial charge in [-0.05, 0) is 24.6 Å². The Bertz CT molecular complexity index is 365. The van der Waals surface area contributed by atoms with Crippen LogP contribution in [-0.2, 0) is 4.79 Å². The number of amides is 1. The van der Waals surface area contributed by atoms with Crippen molar-refractivity contribution in [3.05, 3.63) is 23.2 Å². The molecule has 0 unspecified atom stereocenters. The Morgan fingerprint density at radius 2 is 2.29 bits per heavy atom. The van der Waals surface area contributed by atoms with Crippen LogP contribution in [0.5, 0.6) is 5.75 Å². The van der Waals surface area contributed by atoms with Crippen LogP contribution < -0.4 is 10.1 Å². The van der Waals surface area contributed by atoms with Crippen molar-refractivity contribution >= 4 is 23.2 Å². The summed E-state index contributed by atoms with van der Waals surface area (Å²) in [6.07, 6.45) is 1.24. The Morgan fingerprint density at radius 1 is 1.43 bits per heavy atom. The second kappa shape index (κ2) is 3.88. The first-order chi connectivity index (χ1) is 6.75. The summed E-state index contributed by atoms with van der Waals surface area (Å²) in [5, 5.41) is 3.35. The van der Waals surface area contributed by atoms with Gasteiger partial charge in [0.25, 0.3) is 0 Å². The van der Waals surface area contributed by atoms with Crippen LogP contribution in [0.3, 0.4) is 0 Å². The number of benzene rings is 1. The van der Waals surface area contributed by atoms with Crippen molar-refractivity contribution in [2.45, 2.75) is 12.8 Å². The largest absolute Gasteiger partial charge is 0.491 e. The highest BCUT2D eigenvalue weighted by molar-refractivity contribution is 6.31. The number of nitrogens with one attached hydrogen (secondary N) is 1. The van der Waals surface area contributed by atoms with E-state index in [9.17, 15) is 4.79 Å². The molecule has 1 heterocycles. The van der Waals surface area contributed by atoms with Gasteiger partial charge >= 0.3 is 0 Å². The average molecular weight is 212 g/mol. The summed E-state index contributed by atoms with van der Waals surface area (Å²) < 4.78 is 5.46. The summed E-state index contributed by atoms with van der Waals surface area (Å²) in [5.41, 5.74) is 0.655. The molecular weight excluding hydrogens is 202 g/mol. The van der Waals surface area contributed by atoms with Gasteiger partial charge in [0.05, 0.1) is 12.3 Å². The number of hydrogen-bond acceptors (Lipinski definition) is 2. The van der Waals surface area contributed by atoms with Gasteiger partial charge in [-0.2, -0.15) is 0 Å². The molecule has 0 aliphatic carbocycles. The number of rotatable bonds is 0. The van der Waals surface area contributed by atoms with E-state index < -0.39 is 0 Å². The maximum absolute atomic E-state index is 11.3. The maximum atomic E-state index is 11.3. The third-order valence-corrected chi connectivity index (χ3v) is 2.26. The monoisotopic (exact) mass is 211 g/mol. The van der Waals surface area contributed by atoms with E-state index in [0.29, 0.717) is 29.5 Å². The molecule has 1 aliphatic rings. The quantitative estimate of drug-likeness (QED) is 0.716. The number of ether oxygens (including phenoxy) is 1. The standard InChI is InChI=1S/C10H10ClNO2/c11-7-3-4-9-8(6-7)12-10(13)2-1-5-14-9/h3-4,6H,1-2,5H2,(H,12,13). The van der Waals surface area contributed by atoms with E-state index in [1.165, 1.54) is 0 Å². The van der Waals surface area contributed by atoms with Gasteiger partial charge in [0.2, 0.25) is 5.91 Å². The van der Waals surface area contributed by atoms with Gasteiger partial charge < -0.3 is 10.1 Å². The van der Waals surface area contributed by atoms with Crippen molar-refractivity contribution in [1.82, 2.24) is 0 Å². The van der Waals surface area contributed by atoms with E-state index in [4.69, 9.17) is 16.3 Å². The van der Waals surface area contributed by atoms with Crippen LogP contribution in [0.25, 0.3) is 0 Å². The lowest BCUT2D eigenvalue weighted by atomic mass is 10.2. The zero-order valence-electron chi connectivity index (χ0n) is 7.55. The van der Waals surface area contributed by atoms with Gasteiger partial charge in [0.1, 0.15) is 5.75 Å². The molecule has 0 bridgehead atoms. The van der Waals surface area contributed by atoms with Crippen molar-refractivity contribution in [1.29, 1.82) is 0 Å². The highest BCUT2D eigenvalue weighted by Gasteiger charge is 2.11. The first-order valence-electron chi connectivity index (χ1n) is 4.48. The van der Waals surface area contributed by atoms with Gasteiger partial charge in [-0.1, -0.05) is 11.6 Å². The SMILES string of the molecule is O=C1CCCOc2ccc(Cl)cc2N1. The summed E-state index contributed by atoms with van der Waals surface area (Å²) in [5.74, 6) is 0.694. The molecule has 0 radical (unpaired) electrons. The van der Waals surface area contributed by atoms with E-state index in [1.54, 1.807) is 18.2 Å². The third-order valence-electron chi connectivity index (χ3n) is 2.02. The molecule has 1 amide bonds. The number of carbonyl (C=O) groups excluding carboxylic acids is 1. The molecule has 4 heteroatoms. The Balaban J connectivity index is 2.34. The lowest BCUT2D eigenvalue weighted by molar-refractivity contribution is -0.116. The van der Waals surface area contributed by atoms with E-state index in [0.717, 1.165) is 6.42 Å². The summed E-state index contributed by atoms with van der Waals surface area (Å²) in [6.45, 7) is 0.571. The van der Waals surface area contributed by atoms with Gasteiger partial charge in [-0.3, -0.25) is 4.79 Å². The first kappa shape index (κ1) is 9.34. The fourth-order valence-electron chi connectivity index (χ4n) is 1.35. The molecule has 2 rings (SSSR count). The number of hydrogen-bond donors (Lipinski definition) is 1. The van der Waals surface area contributed by atoms with E-state index in [-0.39, 0.29) is 5.91 Å². The van der Waals surface area contributed by atoms with Crippen LogP contribution in [-0.4, -0.2) is 12.5 Å². The number of halogens is 1. The third kappa shape index (κ3) is 1.99. The zero-order chi connectivity index (χ0) is 9.97. The predicted octanol–water partition coefficient (Wildman–Crippen LogP) is 2.45. The molecule has 0 aromatic heterocycles. The molecule has 74 valence electrons. The van der Waals surface area contributed by atoms with Crippen LogP contribution in [0.4, 0.5) is 5.69 Å². The summed E-state index contributed by atoms with van der Waals surface area (Å²) in [6, 6.07) is 5.21. The van der Waals surface area contributed by atoms with E-state index in [2.05, 4.69) is 5.32 Å². The van der Waals surface area contributed by atoms with Gasteiger partial charge in [-0.25, -0.2) is 0 Å². The van der Waals surface area contributed by atoms with Crippen LogP contribution in [0.1, 0.15) is 12.8 Å². The molecule has 1 N–H and O–H groups in total.